The van der Waals surface area contributed by atoms with Gasteiger partial charge >= 0.3 is 0 Å². The van der Waals surface area contributed by atoms with Crippen molar-refractivity contribution in [3.05, 3.63) is 10.1 Å². The topological polar surface area (TPSA) is 56.9 Å². The van der Waals surface area contributed by atoms with Gasteiger partial charge < -0.3 is 10.3 Å². The van der Waals surface area contributed by atoms with Crippen LogP contribution in [0.2, 0.25) is 0 Å². The predicted molar refractivity (Wildman–Crippen MR) is 42.0 cm³/mol. The van der Waals surface area contributed by atoms with E-state index in [1.807, 2.05) is 6.92 Å². The molecule has 1 fully saturated rings. The zero-order chi connectivity index (χ0) is 8.43. The minimum Gasteiger partial charge on any atom is -0.634 e. The van der Waals surface area contributed by atoms with E-state index in [-0.39, 0.29) is 23.1 Å². The van der Waals surface area contributed by atoms with Crippen LogP contribution < -0.4 is 5.06 Å². The van der Waals surface area contributed by atoms with Gasteiger partial charge in [0.05, 0.1) is 18.6 Å². The lowest BCUT2D eigenvalue weighted by Crippen LogP contribution is -3.08. The molecule has 0 aromatic carbocycles. The molecule has 1 aliphatic rings. The van der Waals surface area contributed by atoms with Crippen LogP contribution in [0.1, 0.15) is 20.3 Å². The Morgan fingerprint density at radius 1 is 1.82 bits per heavy atom. The second kappa shape index (κ2) is 3.28. The van der Waals surface area contributed by atoms with E-state index < -0.39 is 0 Å². The number of nitrogens with one attached hydrogen (secondary N) is 1. The Labute approximate surface area is 66.1 Å². The minimum absolute atomic E-state index is 0.146. The standard InChI is InChI=1S/C7H14N2O2/c1-3-9(11)7-4-6(7)5(2)8-10/h5-7,9H,3-4H2,1-2H3/t5-,6?,7?/m1/s1. The van der Waals surface area contributed by atoms with Crippen molar-refractivity contribution in [2.45, 2.75) is 32.4 Å². The van der Waals surface area contributed by atoms with E-state index in [0.29, 0.717) is 6.54 Å². The summed E-state index contributed by atoms with van der Waals surface area (Å²) in [7, 11) is 0. The summed E-state index contributed by atoms with van der Waals surface area (Å²) >= 11 is 0. The van der Waals surface area contributed by atoms with Gasteiger partial charge in [0, 0.05) is 12.3 Å². The van der Waals surface area contributed by atoms with Crippen molar-refractivity contribution < 1.29 is 5.06 Å². The van der Waals surface area contributed by atoms with Crippen LogP contribution in [0.15, 0.2) is 5.18 Å². The van der Waals surface area contributed by atoms with E-state index >= 15 is 0 Å². The molecule has 64 valence electrons. The third-order valence-corrected chi connectivity index (χ3v) is 2.39. The van der Waals surface area contributed by atoms with Gasteiger partial charge in [0.1, 0.15) is 0 Å². The Morgan fingerprint density at radius 2 is 2.45 bits per heavy atom. The van der Waals surface area contributed by atoms with E-state index in [9.17, 15) is 10.1 Å². The van der Waals surface area contributed by atoms with Crippen molar-refractivity contribution in [1.82, 2.24) is 0 Å². The van der Waals surface area contributed by atoms with Crippen LogP contribution >= 0.6 is 0 Å². The lowest BCUT2D eigenvalue weighted by Gasteiger charge is -2.20. The fourth-order valence-corrected chi connectivity index (χ4v) is 1.46. The lowest BCUT2D eigenvalue weighted by molar-refractivity contribution is -0.859. The molecule has 3 unspecified atom stereocenters. The fraction of sp³-hybridized carbons (Fsp3) is 1.00. The van der Waals surface area contributed by atoms with Crippen molar-refractivity contribution in [3.63, 3.8) is 0 Å². The minimum atomic E-state index is -0.171. The van der Waals surface area contributed by atoms with E-state index in [1.54, 1.807) is 6.92 Å². The maximum Gasteiger partial charge on any atom is 0.0978 e. The fourth-order valence-electron chi connectivity index (χ4n) is 1.46. The number of rotatable bonds is 4. The van der Waals surface area contributed by atoms with E-state index in [4.69, 9.17) is 0 Å². The summed E-state index contributed by atoms with van der Waals surface area (Å²) in [6, 6.07) is -0.0248. The number of hydrogen-bond acceptors (Lipinski definition) is 3. The highest BCUT2D eigenvalue weighted by atomic mass is 16.5. The zero-order valence-corrected chi connectivity index (χ0v) is 6.91. The predicted octanol–water partition coefficient (Wildman–Crippen LogP) is -0.0676. The Bertz CT molecular complexity index is 151. The molecule has 1 rings (SSSR count). The van der Waals surface area contributed by atoms with Crippen LogP contribution in [-0.4, -0.2) is 18.6 Å². The summed E-state index contributed by atoms with van der Waals surface area (Å²) in [4.78, 5) is 10.1. The zero-order valence-electron chi connectivity index (χ0n) is 6.91. The van der Waals surface area contributed by atoms with Crippen molar-refractivity contribution in [2.75, 3.05) is 6.54 Å². The maximum absolute atomic E-state index is 11.1. The first-order valence-electron chi connectivity index (χ1n) is 4.05. The number of nitroso groups, excluding NO2 is 1. The molecule has 4 atom stereocenters. The normalized spacial score (nSPS) is 34.5. The summed E-state index contributed by atoms with van der Waals surface area (Å²) in [6.07, 6.45) is 0.875. The molecule has 0 aliphatic heterocycles. The molecule has 1 N–H and O–H groups in total. The second-order valence-electron chi connectivity index (χ2n) is 3.17. The monoisotopic (exact) mass is 158 g/mol. The Morgan fingerprint density at radius 3 is 2.91 bits per heavy atom. The van der Waals surface area contributed by atoms with Crippen LogP contribution in [0.3, 0.4) is 0 Å². The van der Waals surface area contributed by atoms with Gasteiger partial charge in [-0.25, -0.2) is 0 Å². The molecule has 0 aromatic heterocycles. The number of hydroxylamine groups is 2. The first-order valence-corrected chi connectivity index (χ1v) is 4.05. The molecule has 1 aliphatic carbocycles. The van der Waals surface area contributed by atoms with E-state index in [1.165, 1.54) is 0 Å². The number of quaternary nitrogens is 1. The highest BCUT2D eigenvalue weighted by Crippen LogP contribution is 2.32. The van der Waals surface area contributed by atoms with Crippen LogP contribution in [0, 0.1) is 16.0 Å². The van der Waals surface area contributed by atoms with E-state index in [2.05, 4.69) is 5.18 Å². The van der Waals surface area contributed by atoms with Crippen LogP contribution in [-0.2, 0) is 0 Å². The first kappa shape index (κ1) is 8.62. The molecule has 4 nitrogen and oxygen atoms in total. The molecule has 0 spiro atoms. The Hall–Kier alpha value is -0.480. The highest BCUT2D eigenvalue weighted by Gasteiger charge is 2.46. The van der Waals surface area contributed by atoms with Gasteiger partial charge in [-0.2, -0.15) is 4.91 Å². The molecule has 0 saturated heterocycles. The molecule has 0 amide bonds. The molecule has 11 heavy (non-hydrogen) atoms. The summed E-state index contributed by atoms with van der Waals surface area (Å²) < 4.78 is 0. The van der Waals surface area contributed by atoms with Gasteiger partial charge in [-0.3, -0.25) is 0 Å². The highest BCUT2D eigenvalue weighted by molar-refractivity contribution is 4.93. The van der Waals surface area contributed by atoms with Gasteiger partial charge in [0.15, 0.2) is 0 Å². The largest absolute Gasteiger partial charge is 0.634 e. The smallest absolute Gasteiger partial charge is 0.0978 e. The third-order valence-electron chi connectivity index (χ3n) is 2.39. The molecule has 1 saturated carbocycles. The summed E-state index contributed by atoms with van der Waals surface area (Å²) in [6.45, 7) is 4.23. The molecular weight excluding hydrogens is 144 g/mol. The van der Waals surface area contributed by atoms with Crippen molar-refractivity contribution in [2.24, 2.45) is 11.1 Å². The van der Waals surface area contributed by atoms with Crippen molar-refractivity contribution in [3.8, 4) is 0 Å². The summed E-state index contributed by atoms with van der Waals surface area (Å²) in [5.74, 6) is 0.250. The van der Waals surface area contributed by atoms with Crippen LogP contribution in [0.25, 0.3) is 0 Å². The average Bonchev–Trinajstić information content (AvgIpc) is 2.80. The Kier molecular flexibility index (Phi) is 2.57. The van der Waals surface area contributed by atoms with Crippen LogP contribution in [0.5, 0.6) is 0 Å². The lowest BCUT2D eigenvalue weighted by atomic mass is 10.2. The maximum atomic E-state index is 11.1. The van der Waals surface area contributed by atoms with Gasteiger partial charge in [0.2, 0.25) is 0 Å². The van der Waals surface area contributed by atoms with Crippen molar-refractivity contribution >= 4 is 0 Å². The quantitative estimate of drug-likeness (QED) is 0.460. The number of hydrogen-bond donors (Lipinski definition) is 1. The average molecular weight is 158 g/mol. The molecule has 0 heterocycles. The summed E-state index contributed by atoms with van der Waals surface area (Å²) in [5.41, 5.74) is 0. The van der Waals surface area contributed by atoms with Gasteiger partial charge in [-0.15, -0.1) is 0 Å². The van der Waals surface area contributed by atoms with Gasteiger partial charge in [-0.1, -0.05) is 5.18 Å². The second-order valence-corrected chi connectivity index (χ2v) is 3.17. The van der Waals surface area contributed by atoms with Crippen LogP contribution in [0.4, 0.5) is 0 Å². The summed E-state index contributed by atoms with van der Waals surface area (Å²) in [5, 5.41) is 14.3. The SMILES string of the molecule is CC[NH+]([O-])C1CC1[C@@H](C)N=O. The molecule has 0 aromatic rings. The van der Waals surface area contributed by atoms with Gasteiger partial charge in [0.25, 0.3) is 0 Å². The van der Waals surface area contributed by atoms with Gasteiger partial charge in [-0.05, 0) is 13.8 Å². The van der Waals surface area contributed by atoms with E-state index in [0.717, 1.165) is 6.42 Å². The molecule has 0 radical (unpaired) electrons. The number of nitrogens with zero attached hydrogens (tertiary/aromatic N) is 1. The molecular formula is C7H14N2O2. The first-order chi connectivity index (χ1) is 5.20. The Balaban J connectivity index is 2.30. The molecule has 4 heteroatoms. The van der Waals surface area contributed by atoms with Crippen molar-refractivity contribution in [1.29, 1.82) is 0 Å². The third kappa shape index (κ3) is 1.75. The molecule has 0 bridgehead atoms.